The van der Waals surface area contributed by atoms with Gasteiger partial charge in [-0.3, -0.25) is 0 Å². The van der Waals surface area contributed by atoms with Crippen molar-refractivity contribution in [3.63, 3.8) is 0 Å². The largest absolute Gasteiger partial charge is 0.464 e. The number of oxazole rings is 1. The molecule has 0 bridgehead atoms. The van der Waals surface area contributed by atoms with Gasteiger partial charge in [0.2, 0.25) is 17.5 Å². The van der Waals surface area contributed by atoms with Gasteiger partial charge >= 0.3 is 5.97 Å². The second kappa shape index (κ2) is 5.99. The summed E-state index contributed by atoms with van der Waals surface area (Å²) in [4.78, 5) is 18.4. The summed E-state index contributed by atoms with van der Waals surface area (Å²) in [6, 6.07) is 9.58. The fraction of sp³-hybridized carbons (Fsp3) is 0.375. The molecule has 0 aliphatic carbocycles. The van der Waals surface area contributed by atoms with Crippen LogP contribution >= 0.6 is 0 Å². The first kappa shape index (κ1) is 13.7. The van der Waals surface area contributed by atoms with E-state index in [-0.39, 0.29) is 5.69 Å². The Kier molecular flexibility index (Phi) is 3.90. The standard InChI is InChI=1S/C16H18N2O3/c1-20-16(19)13-15(18-10-6-3-7-11-18)21-14(17-13)12-8-4-2-5-9-12/h2,4-5,8-9H,3,6-7,10-11H2,1H3. The Hall–Kier alpha value is -2.30. The molecule has 2 aromatic rings. The maximum atomic E-state index is 12.0. The van der Waals surface area contributed by atoms with Gasteiger partial charge in [0.1, 0.15) is 0 Å². The molecule has 1 saturated heterocycles. The number of benzene rings is 1. The van der Waals surface area contributed by atoms with Crippen LogP contribution in [0.15, 0.2) is 34.7 Å². The van der Waals surface area contributed by atoms with Crippen molar-refractivity contribution in [1.82, 2.24) is 4.98 Å². The van der Waals surface area contributed by atoms with Gasteiger partial charge < -0.3 is 14.1 Å². The molecule has 0 spiro atoms. The number of carbonyl (C=O) groups is 1. The van der Waals surface area contributed by atoms with E-state index in [2.05, 4.69) is 9.88 Å². The highest BCUT2D eigenvalue weighted by molar-refractivity contribution is 5.93. The van der Waals surface area contributed by atoms with E-state index in [4.69, 9.17) is 9.15 Å². The van der Waals surface area contributed by atoms with Crippen molar-refractivity contribution in [3.8, 4) is 11.5 Å². The predicted molar refractivity (Wildman–Crippen MR) is 79.3 cm³/mol. The molecule has 5 nitrogen and oxygen atoms in total. The van der Waals surface area contributed by atoms with Gasteiger partial charge in [-0.05, 0) is 31.4 Å². The zero-order chi connectivity index (χ0) is 14.7. The van der Waals surface area contributed by atoms with E-state index >= 15 is 0 Å². The molecule has 1 fully saturated rings. The number of nitrogens with zero attached hydrogens (tertiary/aromatic N) is 2. The molecule has 0 atom stereocenters. The zero-order valence-electron chi connectivity index (χ0n) is 12.0. The molecule has 5 heteroatoms. The summed E-state index contributed by atoms with van der Waals surface area (Å²) in [6.07, 6.45) is 3.41. The lowest BCUT2D eigenvalue weighted by atomic mass is 10.1. The number of methoxy groups -OCH3 is 1. The molecule has 1 aromatic heterocycles. The number of rotatable bonds is 3. The molecule has 0 unspecified atom stereocenters. The fourth-order valence-corrected chi connectivity index (χ4v) is 2.56. The molecular formula is C16H18N2O3. The lowest BCUT2D eigenvalue weighted by Gasteiger charge is -2.26. The summed E-state index contributed by atoms with van der Waals surface area (Å²) >= 11 is 0. The van der Waals surface area contributed by atoms with E-state index in [9.17, 15) is 4.79 Å². The molecular weight excluding hydrogens is 268 g/mol. The molecule has 0 amide bonds. The Bertz CT molecular complexity index is 616. The number of anilines is 1. The van der Waals surface area contributed by atoms with Crippen molar-refractivity contribution in [3.05, 3.63) is 36.0 Å². The first-order chi connectivity index (χ1) is 10.3. The second-order valence-corrected chi connectivity index (χ2v) is 5.08. The van der Waals surface area contributed by atoms with E-state index in [1.807, 2.05) is 30.3 Å². The monoisotopic (exact) mass is 286 g/mol. The van der Waals surface area contributed by atoms with Crippen LogP contribution in [0.2, 0.25) is 0 Å². The number of piperidine rings is 1. The summed E-state index contributed by atoms with van der Waals surface area (Å²) in [7, 11) is 1.36. The predicted octanol–water partition coefficient (Wildman–Crippen LogP) is 3.12. The summed E-state index contributed by atoms with van der Waals surface area (Å²) in [6.45, 7) is 1.76. The van der Waals surface area contributed by atoms with E-state index in [1.54, 1.807) is 0 Å². The van der Waals surface area contributed by atoms with Gasteiger partial charge in [0.05, 0.1) is 7.11 Å². The Morgan fingerprint density at radius 1 is 1.19 bits per heavy atom. The van der Waals surface area contributed by atoms with Gasteiger partial charge in [0, 0.05) is 18.7 Å². The van der Waals surface area contributed by atoms with Gasteiger partial charge in [-0.2, -0.15) is 4.98 Å². The molecule has 2 heterocycles. The van der Waals surface area contributed by atoms with Crippen molar-refractivity contribution in [1.29, 1.82) is 0 Å². The molecule has 21 heavy (non-hydrogen) atoms. The quantitative estimate of drug-likeness (QED) is 0.811. The SMILES string of the molecule is COC(=O)c1nc(-c2ccccc2)oc1N1CCCCC1. The van der Waals surface area contributed by atoms with E-state index in [0.717, 1.165) is 31.5 Å². The number of carbonyl (C=O) groups excluding carboxylic acids is 1. The minimum Gasteiger partial charge on any atom is -0.464 e. The first-order valence-electron chi connectivity index (χ1n) is 7.19. The number of ether oxygens (including phenoxy) is 1. The molecule has 0 saturated carbocycles. The summed E-state index contributed by atoms with van der Waals surface area (Å²) < 4.78 is 10.7. The van der Waals surface area contributed by atoms with Gasteiger partial charge in [-0.1, -0.05) is 18.2 Å². The number of hydrogen-bond acceptors (Lipinski definition) is 5. The first-order valence-corrected chi connectivity index (χ1v) is 7.19. The van der Waals surface area contributed by atoms with Gasteiger partial charge in [-0.25, -0.2) is 4.79 Å². The van der Waals surface area contributed by atoms with Crippen LogP contribution in [0, 0.1) is 0 Å². The summed E-state index contributed by atoms with van der Waals surface area (Å²) in [5, 5.41) is 0. The van der Waals surface area contributed by atoms with Crippen LogP contribution < -0.4 is 4.90 Å². The Balaban J connectivity index is 2.00. The molecule has 0 radical (unpaired) electrons. The Morgan fingerprint density at radius 3 is 2.57 bits per heavy atom. The zero-order valence-corrected chi connectivity index (χ0v) is 12.0. The van der Waals surface area contributed by atoms with Crippen LogP contribution in [0.1, 0.15) is 29.8 Å². The van der Waals surface area contributed by atoms with Crippen molar-refractivity contribution >= 4 is 11.9 Å². The maximum Gasteiger partial charge on any atom is 0.362 e. The third-order valence-corrected chi connectivity index (χ3v) is 3.65. The van der Waals surface area contributed by atoms with Gasteiger partial charge in [-0.15, -0.1) is 0 Å². The smallest absolute Gasteiger partial charge is 0.362 e. The van der Waals surface area contributed by atoms with Crippen LogP contribution in [-0.2, 0) is 4.74 Å². The highest BCUT2D eigenvalue weighted by atomic mass is 16.5. The summed E-state index contributed by atoms with van der Waals surface area (Å²) in [5.74, 6) is 0.526. The number of aromatic nitrogens is 1. The topological polar surface area (TPSA) is 55.6 Å². The van der Waals surface area contributed by atoms with E-state index in [1.165, 1.54) is 13.5 Å². The molecule has 0 N–H and O–H groups in total. The highest BCUT2D eigenvalue weighted by Crippen LogP contribution is 2.30. The van der Waals surface area contributed by atoms with Crippen LogP contribution in [0.5, 0.6) is 0 Å². The lowest BCUT2D eigenvalue weighted by Crippen LogP contribution is -2.30. The van der Waals surface area contributed by atoms with Gasteiger partial charge in [0.15, 0.2) is 0 Å². The molecule has 1 aliphatic rings. The Morgan fingerprint density at radius 2 is 1.90 bits per heavy atom. The molecule has 1 aromatic carbocycles. The highest BCUT2D eigenvalue weighted by Gasteiger charge is 2.26. The lowest BCUT2D eigenvalue weighted by molar-refractivity contribution is 0.0595. The van der Waals surface area contributed by atoms with Crippen LogP contribution in [-0.4, -0.2) is 31.2 Å². The average Bonchev–Trinajstić information content (AvgIpc) is 3.01. The normalized spacial score (nSPS) is 15.0. The number of esters is 1. The fourth-order valence-electron chi connectivity index (χ4n) is 2.56. The van der Waals surface area contributed by atoms with Gasteiger partial charge in [0.25, 0.3) is 0 Å². The average molecular weight is 286 g/mol. The maximum absolute atomic E-state index is 12.0. The van der Waals surface area contributed by atoms with Crippen LogP contribution in [0.4, 0.5) is 5.88 Å². The molecule has 3 rings (SSSR count). The summed E-state index contributed by atoms with van der Waals surface area (Å²) in [5.41, 5.74) is 1.11. The molecule has 110 valence electrons. The van der Waals surface area contributed by atoms with Crippen molar-refractivity contribution in [2.75, 3.05) is 25.1 Å². The molecule has 1 aliphatic heterocycles. The number of hydrogen-bond donors (Lipinski definition) is 0. The van der Waals surface area contributed by atoms with Crippen molar-refractivity contribution in [2.24, 2.45) is 0 Å². The van der Waals surface area contributed by atoms with Crippen molar-refractivity contribution < 1.29 is 13.9 Å². The van der Waals surface area contributed by atoms with E-state index < -0.39 is 5.97 Å². The third-order valence-electron chi connectivity index (χ3n) is 3.65. The van der Waals surface area contributed by atoms with E-state index in [0.29, 0.717) is 11.8 Å². The third kappa shape index (κ3) is 2.77. The van der Waals surface area contributed by atoms with Crippen LogP contribution in [0.3, 0.4) is 0 Å². The minimum atomic E-state index is -0.457. The Labute approximate surface area is 123 Å². The van der Waals surface area contributed by atoms with Crippen LogP contribution in [0.25, 0.3) is 11.5 Å². The second-order valence-electron chi connectivity index (χ2n) is 5.08. The minimum absolute atomic E-state index is 0.262. The van der Waals surface area contributed by atoms with Crippen molar-refractivity contribution in [2.45, 2.75) is 19.3 Å².